The summed E-state index contributed by atoms with van der Waals surface area (Å²) >= 11 is 0. The van der Waals surface area contributed by atoms with Gasteiger partial charge in [-0.3, -0.25) is 9.71 Å². The number of imidazole rings is 1. The molecular weight excluding hydrogens is 458 g/mol. The van der Waals surface area contributed by atoms with E-state index >= 15 is 0 Å². The van der Waals surface area contributed by atoms with Gasteiger partial charge in [0.1, 0.15) is 0 Å². The van der Waals surface area contributed by atoms with E-state index in [2.05, 4.69) is 58.2 Å². The third-order valence-electron chi connectivity index (χ3n) is 6.22. The molecule has 0 bridgehead atoms. The molecule has 2 aromatic heterocycles. The second kappa shape index (κ2) is 8.30. The molecule has 0 atom stereocenters. The second-order valence-corrected chi connectivity index (χ2v) is 12.4. The SMILES string of the molecule is CC(C)S(=O)(=O)Nc1cccc(-c2cnc3c(n2)C(c2ccc4ncn(C(C)(C)C)c4c2)=CC3)c1. The third-order valence-corrected chi connectivity index (χ3v) is 7.98. The molecule has 8 heteroatoms. The van der Waals surface area contributed by atoms with E-state index in [0.717, 1.165) is 45.5 Å². The Hall–Kier alpha value is -3.52. The molecule has 0 saturated heterocycles. The summed E-state index contributed by atoms with van der Waals surface area (Å²) in [5, 5.41) is -0.523. The predicted octanol–water partition coefficient (Wildman–Crippen LogP) is 5.39. The number of aromatic nitrogens is 4. The maximum Gasteiger partial charge on any atom is 0.235 e. The van der Waals surface area contributed by atoms with Crippen molar-refractivity contribution in [1.82, 2.24) is 19.5 Å². The summed E-state index contributed by atoms with van der Waals surface area (Å²) in [6.07, 6.45) is 6.54. The molecule has 0 unspecified atom stereocenters. The lowest BCUT2D eigenvalue weighted by atomic mass is 10.0. The third kappa shape index (κ3) is 4.34. The highest BCUT2D eigenvalue weighted by Crippen LogP contribution is 2.34. The normalized spacial score (nSPS) is 13.8. The van der Waals surface area contributed by atoms with Gasteiger partial charge in [-0.05, 0) is 64.4 Å². The van der Waals surface area contributed by atoms with Crippen molar-refractivity contribution in [1.29, 1.82) is 0 Å². The maximum absolute atomic E-state index is 12.3. The van der Waals surface area contributed by atoms with Crippen LogP contribution in [-0.2, 0) is 22.0 Å². The average molecular weight is 488 g/mol. The Morgan fingerprint density at radius 1 is 1.03 bits per heavy atom. The molecule has 0 aliphatic heterocycles. The number of nitrogens with one attached hydrogen (secondary N) is 1. The molecule has 1 aliphatic rings. The number of allylic oxidation sites excluding steroid dienone is 1. The highest BCUT2D eigenvalue weighted by molar-refractivity contribution is 7.93. The van der Waals surface area contributed by atoms with Crippen LogP contribution in [0.25, 0.3) is 27.9 Å². The number of fused-ring (bicyclic) bond motifs is 2. The van der Waals surface area contributed by atoms with Gasteiger partial charge in [0.15, 0.2) is 0 Å². The van der Waals surface area contributed by atoms with Crippen molar-refractivity contribution < 1.29 is 8.42 Å². The lowest BCUT2D eigenvalue weighted by Crippen LogP contribution is -2.22. The zero-order valence-electron chi connectivity index (χ0n) is 20.6. The fourth-order valence-corrected chi connectivity index (χ4v) is 4.89. The van der Waals surface area contributed by atoms with Crippen molar-refractivity contribution in [3.05, 3.63) is 78.0 Å². The quantitative estimate of drug-likeness (QED) is 0.408. The van der Waals surface area contributed by atoms with Crippen LogP contribution in [0.4, 0.5) is 5.69 Å². The number of sulfonamides is 1. The Kier molecular flexibility index (Phi) is 5.51. The van der Waals surface area contributed by atoms with Gasteiger partial charge < -0.3 is 4.57 Å². The van der Waals surface area contributed by atoms with Crippen LogP contribution >= 0.6 is 0 Å². The highest BCUT2D eigenvalue weighted by atomic mass is 32.2. The topological polar surface area (TPSA) is 89.8 Å². The Morgan fingerprint density at radius 3 is 2.57 bits per heavy atom. The van der Waals surface area contributed by atoms with Gasteiger partial charge in [0.25, 0.3) is 0 Å². The molecule has 180 valence electrons. The highest BCUT2D eigenvalue weighted by Gasteiger charge is 2.22. The van der Waals surface area contributed by atoms with Crippen LogP contribution in [0.1, 0.15) is 51.6 Å². The number of anilines is 1. The van der Waals surface area contributed by atoms with Crippen molar-refractivity contribution in [3.8, 4) is 11.3 Å². The molecule has 7 nitrogen and oxygen atoms in total. The molecule has 1 aliphatic carbocycles. The van der Waals surface area contributed by atoms with Crippen LogP contribution in [0.2, 0.25) is 0 Å². The van der Waals surface area contributed by atoms with Gasteiger partial charge in [-0.25, -0.2) is 18.4 Å². The van der Waals surface area contributed by atoms with Crippen LogP contribution in [0.3, 0.4) is 0 Å². The molecule has 0 radical (unpaired) electrons. The lowest BCUT2D eigenvalue weighted by Gasteiger charge is -2.22. The number of rotatable bonds is 5. The van der Waals surface area contributed by atoms with E-state index in [4.69, 9.17) is 4.98 Å². The predicted molar refractivity (Wildman–Crippen MR) is 141 cm³/mol. The second-order valence-electron chi connectivity index (χ2n) is 10.1. The van der Waals surface area contributed by atoms with Gasteiger partial charge in [-0.15, -0.1) is 0 Å². The van der Waals surface area contributed by atoms with Crippen LogP contribution in [0, 0.1) is 0 Å². The van der Waals surface area contributed by atoms with Gasteiger partial charge in [-0.1, -0.05) is 24.3 Å². The van der Waals surface area contributed by atoms with E-state index in [1.54, 1.807) is 32.2 Å². The smallest absolute Gasteiger partial charge is 0.235 e. The lowest BCUT2D eigenvalue weighted by molar-refractivity contribution is 0.408. The van der Waals surface area contributed by atoms with Gasteiger partial charge >= 0.3 is 0 Å². The van der Waals surface area contributed by atoms with Gasteiger partial charge in [0, 0.05) is 28.8 Å². The first-order valence-corrected chi connectivity index (χ1v) is 13.2. The maximum atomic E-state index is 12.3. The summed E-state index contributed by atoms with van der Waals surface area (Å²) in [5.41, 5.74) is 7.89. The molecule has 5 rings (SSSR count). The summed E-state index contributed by atoms with van der Waals surface area (Å²) in [7, 11) is -3.43. The van der Waals surface area contributed by atoms with Gasteiger partial charge in [-0.2, -0.15) is 0 Å². The van der Waals surface area contributed by atoms with E-state index in [1.165, 1.54) is 0 Å². The standard InChI is InChI=1S/C27H29N5O2S/c1-17(2)35(33,34)31-20-8-6-7-19(13-20)24-15-28-23-12-10-21(26(23)30-24)18-9-11-22-25(14-18)32(16-29-22)27(3,4)5/h6-11,13-17,31H,12H2,1-5H3. The van der Waals surface area contributed by atoms with E-state index in [0.29, 0.717) is 11.4 Å². The number of nitrogens with zero attached hydrogens (tertiary/aromatic N) is 4. The monoisotopic (exact) mass is 487 g/mol. The summed E-state index contributed by atoms with van der Waals surface area (Å²) < 4.78 is 29.5. The van der Waals surface area contributed by atoms with E-state index < -0.39 is 15.3 Å². The summed E-state index contributed by atoms with van der Waals surface area (Å²) in [6.45, 7) is 9.80. The average Bonchev–Trinajstić information content (AvgIpc) is 3.42. The molecule has 35 heavy (non-hydrogen) atoms. The molecule has 0 amide bonds. The summed E-state index contributed by atoms with van der Waals surface area (Å²) in [5.74, 6) is 0. The van der Waals surface area contributed by atoms with Crippen LogP contribution in [0.15, 0.2) is 61.1 Å². The number of hydrogen-bond acceptors (Lipinski definition) is 5. The molecule has 0 fully saturated rings. The minimum atomic E-state index is -3.43. The molecule has 1 N–H and O–H groups in total. The van der Waals surface area contributed by atoms with Crippen LogP contribution in [0.5, 0.6) is 0 Å². The Balaban J connectivity index is 1.52. The zero-order chi connectivity index (χ0) is 25.0. The summed E-state index contributed by atoms with van der Waals surface area (Å²) in [4.78, 5) is 14.2. The molecule has 2 heterocycles. The fourth-order valence-electron chi connectivity index (χ4n) is 4.20. The van der Waals surface area contributed by atoms with E-state index in [9.17, 15) is 8.42 Å². The van der Waals surface area contributed by atoms with Crippen molar-refractivity contribution >= 4 is 32.3 Å². The number of hydrogen-bond donors (Lipinski definition) is 1. The molecule has 0 saturated carbocycles. The fraction of sp³-hybridized carbons (Fsp3) is 0.296. The Bertz CT molecular complexity index is 1580. The van der Waals surface area contributed by atoms with Crippen molar-refractivity contribution in [2.24, 2.45) is 0 Å². The molecular formula is C27H29N5O2S. The number of benzene rings is 2. The first kappa shape index (κ1) is 23.2. The Labute approximate surface area is 206 Å². The minimum Gasteiger partial charge on any atom is -0.325 e. The van der Waals surface area contributed by atoms with E-state index in [-0.39, 0.29) is 5.54 Å². The van der Waals surface area contributed by atoms with Crippen molar-refractivity contribution in [3.63, 3.8) is 0 Å². The zero-order valence-corrected chi connectivity index (χ0v) is 21.4. The molecule has 2 aromatic carbocycles. The van der Waals surface area contributed by atoms with Crippen molar-refractivity contribution in [2.75, 3.05) is 4.72 Å². The molecule has 4 aromatic rings. The van der Waals surface area contributed by atoms with Crippen molar-refractivity contribution in [2.45, 2.75) is 51.8 Å². The molecule has 0 spiro atoms. The van der Waals surface area contributed by atoms with Gasteiger partial charge in [0.2, 0.25) is 10.0 Å². The first-order valence-electron chi connectivity index (χ1n) is 11.7. The van der Waals surface area contributed by atoms with Gasteiger partial charge in [0.05, 0.1) is 45.9 Å². The van der Waals surface area contributed by atoms with Crippen LogP contribution < -0.4 is 4.72 Å². The first-order chi connectivity index (χ1) is 16.5. The largest absolute Gasteiger partial charge is 0.325 e. The Morgan fingerprint density at radius 2 is 1.83 bits per heavy atom. The minimum absolute atomic E-state index is 0.0790. The summed E-state index contributed by atoms with van der Waals surface area (Å²) in [6, 6.07) is 13.6. The van der Waals surface area contributed by atoms with E-state index in [1.807, 2.05) is 24.5 Å². The van der Waals surface area contributed by atoms with Crippen LogP contribution in [-0.4, -0.2) is 33.2 Å².